The van der Waals surface area contributed by atoms with Crippen molar-refractivity contribution in [3.05, 3.63) is 58.8 Å². The van der Waals surface area contributed by atoms with Crippen LogP contribution in [0.2, 0.25) is 0 Å². The molecule has 1 saturated heterocycles. The summed E-state index contributed by atoms with van der Waals surface area (Å²) >= 11 is 0. The fourth-order valence-corrected chi connectivity index (χ4v) is 6.12. The molecule has 0 bridgehead atoms. The molecule has 2 aromatic heterocycles. The summed E-state index contributed by atoms with van der Waals surface area (Å²) in [5, 5.41) is 3.52. The van der Waals surface area contributed by atoms with Gasteiger partial charge in [-0.3, -0.25) is 23.9 Å². The minimum atomic E-state index is -1.08. The van der Waals surface area contributed by atoms with E-state index in [1.807, 2.05) is 24.8 Å². The number of methoxy groups -OCH3 is 1. The molecule has 0 radical (unpaired) electrons. The topological polar surface area (TPSA) is 173 Å². The van der Waals surface area contributed by atoms with E-state index in [0.29, 0.717) is 47.8 Å². The van der Waals surface area contributed by atoms with E-state index >= 15 is 0 Å². The predicted molar refractivity (Wildman–Crippen MR) is 199 cm³/mol. The summed E-state index contributed by atoms with van der Waals surface area (Å²) in [5.41, 5.74) is 2.84. The number of benzene rings is 1. The molecule has 2 unspecified atom stereocenters. The van der Waals surface area contributed by atoms with E-state index in [-0.39, 0.29) is 22.7 Å². The van der Waals surface area contributed by atoms with E-state index in [0.717, 1.165) is 74.7 Å². The third-order valence-electron chi connectivity index (χ3n) is 8.56. The van der Waals surface area contributed by atoms with Crippen LogP contribution in [0.25, 0.3) is 22.3 Å². The number of H-pyrrole nitrogens is 1. The molecule has 3 fully saturated rings. The van der Waals surface area contributed by atoms with Gasteiger partial charge in [0, 0.05) is 49.2 Å². The highest BCUT2D eigenvalue weighted by Gasteiger charge is 2.29. The summed E-state index contributed by atoms with van der Waals surface area (Å²) in [6.45, 7) is 12.9. The summed E-state index contributed by atoms with van der Waals surface area (Å²) in [6, 6.07) is 6.01. The lowest BCUT2D eigenvalue weighted by atomic mass is 10.1. The summed E-state index contributed by atoms with van der Waals surface area (Å²) < 4.78 is 28.8. The molecule has 6 rings (SSSR count). The van der Waals surface area contributed by atoms with Gasteiger partial charge in [-0.2, -0.15) is 0 Å². The van der Waals surface area contributed by atoms with Gasteiger partial charge in [0.05, 0.1) is 23.6 Å². The first kappa shape index (κ1) is 41.1. The zero-order valence-electron chi connectivity index (χ0n) is 30.4. The van der Waals surface area contributed by atoms with Gasteiger partial charge < -0.3 is 29.1 Å². The highest BCUT2D eigenvalue weighted by molar-refractivity contribution is 7.84. The largest absolute Gasteiger partial charge is 0.496 e. The number of ether oxygens (including phenoxy) is 2. The highest BCUT2D eigenvalue weighted by Crippen LogP contribution is 2.26. The number of amides is 3. The number of aromatic nitrogens is 2. The minimum Gasteiger partial charge on any atom is -0.496 e. The van der Waals surface area contributed by atoms with Gasteiger partial charge in [0.25, 0.3) is 5.91 Å². The highest BCUT2D eigenvalue weighted by atomic mass is 32.2. The number of unbranched alkanes of at least 4 members (excludes halogenated alkanes) is 2. The summed E-state index contributed by atoms with van der Waals surface area (Å²) in [5.74, 6) is 1.45. The molecule has 51 heavy (non-hydrogen) atoms. The summed E-state index contributed by atoms with van der Waals surface area (Å²) in [6.07, 6.45) is 14.1. The maximum atomic E-state index is 12.2. The molecule has 3 N–H and O–H groups in total. The molecule has 3 amide bonds. The van der Waals surface area contributed by atoms with Crippen LogP contribution in [0.15, 0.2) is 46.3 Å². The fourth-order valence-electron chi connectivity index (χ4n) is 5.27. The van der Waals surface area contributed by atoms with Crippen molar-refractivity contribution in [3.8, 4) is 17.1 Å². The van der Waals surface area contributed by atoms with Gasteiger partial charge in [-0.1, -0.05) is 6.08 Å². The van der Waals surface area contributed by atoms with Crippen molar-refractivity contribution >= 4 is 40.6 Å². The quantitative estimate of drug-likeness (QED) is 0.117. The second-order valence-corrected chi connectivity index (χ2v) is 14.2. The molecule has 280 valence electrons. The van der Waals surface area contributed by atoms with Crippen LogP contribution in [0.1, 0.15) is 83.1 Å². The minimum absolute atomic E-state index is 0.0554. The number of nitrogens with zero attached hydrogens (tertiary/aromatic N) is 2. The number of aromatic amines is 1. The maximum absolute atomic E-state index is 12.2. The van der Waals surface area contributed by atoms with Gasteiger partial charge in [-0.25, -0.2) is 9.19 Å². The third-order valence-corrected chi connectivity index (χ3v) is 9.96. The van der Waals surface area contributed by atoms with E-state index in [1.54, 1.807) is 26.2 Å². The molecule has 13 nitrogen and oxygen atoms in total. The molecule has 3 heterocycles. The van der Waals surface area contributed by atoms with Gasteiger partial charge in [-0.05, 0) is 90.7 Å². The molecular formula is C37H53N5O8S. The number of pyridine rings is 1. The molecule has 3 atom stereocenters. The Morgan fingerprint density at radius 2 is 1.92 bits per heavy atom. The number of hydrogen-bond acceptors (Lipinski definition) is 9. The van der Waals surface area contributed by atoms with Gasteiger partial charge in [0.2, 0.25) is 12.8 Å². The fraction of sp³-hybridized carbons (Fsp3) is 0.541. The van der Waals surface area contributed by atoms with Gasteiger partial charge in [0.15, 0.2) is 11.3 Å². The van der Waals surface area contributed by atoms with Crippen molar-refractivity contribution in [1.82, 2.24) is 24.9 Å². The Labute approximate surface area is 302 Å². The monoisotopic (exact) mass is 727 g/mol. The number of allylic oxidation sites excluding steroid dienone is 1. The molecule has 3 aliphatic rings. The standard InChI is InChI=1S/C15H14N2O3.C14H25NO2.C4H7NO2S.C4H7NO/c1-8-14(19-3)5-4-10-13(18)6-11(17-15(8)10)12-7-20-9(2)16-12;1-4-5-6-7-11-17-13(3)14(16)15-10-8-9-12(15)2;6-3-5-8(7)4-1-2-4;6-3-5-4-1-2-4/h4-7H,1-3H3,(H,17,18);4,12-13H,1,5-11H2,2-3H3;3-4H,1-2H2,(H,5,6);3-4H,1-2H2,(H,5,6)/t;12?,13-;;/m.1../s1. The zero-order valence-corrected chi connectivity index (χ0v) is 31.2. The Balaban J connectivity index is 0.000000203. The second-order valence-electron chi connectivity index (χ2n) is 12.7. The maximum Gasteiger partial charge on any atom is 0.251 e. The Hall–Kier alpha value is -4.30. The second kappa shape index (κ2) is 21.2. The van der Waals surface area contributed by atoms with Crippen LogP contribution in [-0.4, -0.2) is 81.5 Å². The van der Waals surface area contributed by atoms with Crippen LogP contribution >= 0.6 is 0 Å². The van der Waals surface area contributed by atoms with Crippen molar-refractivity contribution in [1.29, 1.82) is 0 Å². The van der Waals surface area contributed by atoms with Gasteiger partial charge in [0.1, 0.15) is 34.8 Å². The molecule has 1 aliphatic heterocycles. The Morgan fingerprint density at radius 1 is 1.18 bits per heavy atom. The van der Waals surface area contributed by atoms with E-state index in [1.165, 1.54) is 25.2 Å². The number of fused-ring (bicyclic) bond motifs is 1. The molecule has 2 aliphatic carbocycles. The molecular weight excluding hydrogens is 675 g/mol. The summed E-state index contributed by atoms with van der Waals surface area (Å²) in [4.78, 5) is 52.9. The van der Waals surface area contributed by atoms with Crippen molar-refractivity contribution in [2.45, 2.75) is 109 Å². The Kier molecular flexibility index (Phi) is 17.1. The first-order valence-corrected chi connectivity index (χ1v) is 18.7. The van der Waals surface area contributed by atoms with Gasteiger partial charge >= 0.3 is 0 Å². The lowest BCUT2D eigenvalue weighted by Gasteiger charge is -2.25. The van der Waals surface area contributed by atoms with Gasteiger partial charge in [-0.15, -0.1) is 6.58 Å². The number of nitrogens with one attached hydrogen (secondary N) is 3. The summed E-state index contributed by atoms with van der Waals surface area (Å²) in [7, 11) is 0.530. The normalized spacial score (nSPS) is 17.3. The number of hydrogen-bond donors (Lipinski definition) is 3. The Bertz CT molecular complexity index is 1670. The predicted octanol–water partition coefficient (Wildman–Crippen LogP) is 5.02. The number of likely N-dealkylation sites (tertiary alicyclic amines) is 1. The van der Waals surface area contributed by atoms with E-state index in [2.05, 4.69) is 33.5 Å². The SMILES string of the molecule is C=CCCCCO[C@H](C)C(=O)N1CCCC1C.COc1ccc2c(=O)cc(-c3coc(C)n3)[nH]c2c1C.O=CNC1CC1.O=CNS(=O)C1CC1. The lowest BCUT2D eigenvalue weighted by molar-refractivity contribution is -0.143. The van der Waals surface area contributed by atoms with Crippen LogP contribution in [0.4, 0.5) is 0 Å². The third kappa shape index (κ3) is 13.4. The van der Waals surface area contributed by atoms with Crippen LogP contribution in [-0.2, 0) is 30.1 Å². The van der Waals surface area contributed by atoms with E-state index < -0.39 is 11.0 Å². The van der Waals surface area contributed by atoms with E-state index in [9.17, 15) is 23.4 Å². The van der Waals surface area contributed by atoms with Crippen LogP contribution in [0, 0.1) is 13.8 Å². The number of oxazole rings is 1. The molecule has 14 heteroatoms. The number of carbonyl (C=O) groups excluding carboxylic acids is 3. The molecule has 0 spiro atoms. The average molecular weight is 728 g/mol. The number of aryl methyl sites for hydroxylation is 2. The van der Waals surface area contributed by atoms with Crippen molar-refractivity contribution in [3.63, 3.8) is 0 Å². The zero-order chi connectivity index (χ0) is 37.3. The Morgan fingerprint density at radius 3 is 2.45 bits per heavy atom. The van der Waals surface area contributed by atoms with Crippen molar-refractivity contribution in [2.24, 2.45) is 0 Å². The number of carbonyl (C=O) groups is 3. The first-order chi connectivity index (χ1) is 24.5. The molecule has 2 saturated carbocycles. The van der Waals surface area contributed by atoms with Crippen molar-refractivity contribution in [2.75, 3.05) is 20.3 Å². The van der Waals surface area contributed by atoms with Crippen LogP contribution in [0.3, 0.4) is 0 Å². The lowest BCUT2D eigenvalue weighted by Crippen LogP contribution is -2.41. The number of rotatable bonds is 14. The van der Waals surface area contributed by atoms with Crippen molar-refractivity contribution < 1.29 is 32.5 Å². The van der Waals surface area contributed by atoms with E-state index in [4.69, 9.17) is 13.9 Å². The first-order valence-electron chi connectivity index (χ1n) is 17.5. The average Bonchev–Trinajstić information content (AvgIpc) is 4.05. The molecule has 1 aromatic carbocycles. The van der Waals surface area contributed by atoms with Crippen LogP contribution in [0.5, 0.6) is 5.75 Å². The smallest absolute Gasteiger partial charge is 0.251 e. The molecule has 3 aromatic rings. The van der Waals surface area contributed by atoms with Crippen LogP contribution < -0.4 is 20.2 Å².